The molecule has 0 saturated heterocycles. The van der Waals surface area contributed by atoms with Gasteiger partial charge in [0.15, 0.2) is 0 Å². The van der Waals surface area contributed by atoms with Gasteiger partial charge in [0.2, 0.25) is 11.8 Å². The SMILES string of the molecule is COc1ccc(CNc2nc(N3CCc4sccc4C3)nc(OC)c2C(=O)NCc2ccccn2)cc1Cl. The number of hydrogen-bond donors (Lipinski definition) is 2. The largest absolute Gasteiger partial charge is 0.495 e. The van der Waals surface area contributed by atoms with Crippen LogP contribution in [0.25, 0.3) is 0 Å². The van der Waals surface area contributed by atoms with Gasteiger partial charge in [0.05, 0.1) is 31.5 Å². The zero-order chi connectivity index (χ0) is 26.5. The Morgan fingerprint density at radius 2 is 2.03 bits per heavy atom. The van der Waals surface area contributed by atoms with Gasteiger partial charge < -0.3 is 25.0 Å². The third-order valence-corrected chi connectivity index (χ3v) is 7.53. The topological polar surface area (TPSA) is 102 Å². The minimum Gasteiger partial charge on any atom is -0.495 e. The van der Waals surface area contributed by atoms with E-state index in [2.05, 4.69) is 36.9 Å². The molecule has 1 aromatic carbocycles. The molecule has 4 heterocycles. The van der Waals surface area contributed by atoms with Gasteiger partial charge in [-0.2, -0.15) is 9.97 Å². The summed E-state index contributed by atoms with van der Waals surface area (Å²) in [6.45, 7) is 2.10. The van der Waals surface area contributed by atoms with Crippen LogP contribution in [0.15, 0.2) is 54.0 Å². The summed E-state index contributed by atoms with van der Waals surface area (Å²) < 4.78 is 10.9. The molecule has 196 valence electrons. The van der Waals surface area contributed by atoms with Crippen LogP contribution in [0, 0.1) is 0 Å². The number of aromatic nitrogens is 3. The first kappa shape index (κ1) is 25.7. The molecule has 0 saturated carbocycles. The Balaban J connectivity index is 1.45. The van der Waals surface area contributed by atoms with Crippen molar-refractivity contribution in [1.29, 1.82) is 0 Å². The second-order valence-electron chi connectivity index (χ2n) is 8.62. The number of nitrogens with one attached hydrogen (secondary N) is 2. The number of amides is 1. The Morgan fingerprint density at radius 3 is 2.79 bits per heavy atom. The molecule has 0 unspecified atom stereocenters. The molecule has 4 aromatic rings. The van der Waals surface area contributed by atoms with Crippen LogP contribution >= 0.6 is 22.9 Å². The number of methoxy groups -OCH3 is 2. The number of thiophene rings is 1. The summed E-state index contributed by atoms with van der Waals surface area (Å²) in [5.74, 6) is 1.28. The smallest absolute Gasteiger partial charge is 0.260 e. The van der Waals surface area contributed by atoms with Crippen LogP contribution in [-0.4, -0.2) is 41.6 Å². The van der Waals surface area contributed by atoms with Gasteiger partial charge in [-0.3, -0.25) is 9.78 Å². The highest BCUT2D eigenvalue weighted by molar-refractivity contribution is 7.10. The van der Waals surface area contributed by atoms with E-state index in [0.29, 0.717) is 35.6 Å². The molecule has 38 heavy (non-hydrogen) atoms. The number of ether oxygens (including phenoxy) is 2. The first-order chi connectivity index (χ1) is 18.6. The number of benzene rings is 1. The van der Waals surface area contributed by atoms with Gasteiger partial charge >= 0.3 is 0 Å². The fourth-order valence-electron chi connectivity index (χ4n) is 4.24. The summed E-state index contributed by atoms with van der Waals surface area (Å²) in [5, 5.41) is 8.83. The van der Waals surface area contributed by atoms with E-state index in [1.54, 1.807) is 30.7 Å². The van der Waals surface area contributed by atoms with E-state index >= 15 is 0 Å². The molecule has 5 rings (SSSR count). The Labute approximate surface area is 229 Å². The average Bonchev–Trinajstić information content (AvgIpc) is 3.43. The highest BCUT2D eigenvalue weighted by Gasteiger charge is 2.26. The lowest BCUT2D eigenvalue weighted by Crippen LogP contribution is -2.32. The van der Waals surface area contributed by atoms with Crippen molar-refractivity contribution in [2.24, 2.45) is 0 Å². The summed E-state index contributed by atoms with van der Waals surface area (Å²) >= 11 is 8.10. The van der Waals surface area contributed by atoms with E-state index in [-0.39, 0.29) is 23.9 Å². The molecular formula is C27H27ClN6O3S. The Hall–Kier alpha value is -3.89. The molecule has 0 radical (unpaired) electrons. The molecule has 0 fully saturated rings. The third kappa shape index (κ3) is 5.66. The van der Waals surface area contributed by atoms with E-state index in [4.69, 9.17) is 26.1 Å². The van der Waals surface area contributed by atoms with Crippen molar-refractivity contribution in [3.8, 4) is 11.6 Å². The summed E-state index contributed by atoms with van der Waals surface area (Å²) in [7, 11) is 3.07. The third-order valence-electron chi connectivity index (χ3n) is 6.21. The summed E-state index contributed by atoms with van der Waals surface area (Å²) in [5.41, 5.74) is 3.12. The second-order valence-corrected chi connectivity index (χ2v) is 10.0. The number of anilines is 2. The van der Waals surface area contributed by atoms with E-state index in [1.165, 1.54) is 17.6 Å². The van der Waals surface area contributed by atoms with Gasteiger partial charge in [0.25, 0.3) is 5.91 Å². The number of fused-ring (bicyclic) bond motifs is 1. The van der Waals surface area contributed by atoms with Crippen molar-refractivity contribution >= 4 is 40.6 Å². The van der Waals surface area contributed by atoms with Gasteiger partial charge in [-0.05, 0) is 53.3 Å². The van der Waals surface area contributed by atoms with Crippen LogP contribution in [0.4, 0.5) is 11.8 Å². The van der Waals surface area contributed by atoms with E-state index in [0.717, 1.165) is 24.2 Å². The minimum absolute atomic E-state index is 0.194. The molecule has 1 amide bonds. The number of pyridine rings is 1. The number of carbonyl (C=O) groups is 1. The van der Waals surface area contributed by atoms with Gasteiger partial charge in [-0.25, -0.2) is 0 Å². The standard InChI is InChI=1S/C27H27ClN6O3S/c1-36-21-7-6-17(13-20(21)28)14-30-24-23(25(35)31-15-19-5-3-4-10-29-19)26(37-2)33-27(32-24)34-11-8-22-18(16-34)9-12-38-22/h3-7,9-10,12-13H,8,11,14-16H2,1-2H3,(H,31,35)(H,30,32,33). The van der Waals surface area contributed by atoms with Crippen LogP contribution in [0.1, 0.15) is 32.1 Å². The predicted octanol–water partition coefficient (Wildman–Crippen LogP) is 4.71. The molecule has 9 nitrogen and oxygen atoms in total. The normalized spacial score (nSPS) is 12.6. The lowest BCUT2D eigenvalue weighted by molar-refractivity contribution is 0.0947. The summed E-state index contributed by atoms with van der Waals surface area (Å²) in [6, 6.07) is 13.2. The van der Waals surface area contributed by atoms with Crippen molar-refractivity contribution in [3.05, 3.63) is 86.3 Å². The fourth-order valence-corrected chi connectivity index (χ4v) is 5.41. The molecule has 1 aliphatic heterocycles. The second kappa shape index (κ2) is 11.7. The lowest BCUT2D eigenvalue weighted by Gasteiger charge is -2.28. The Bertz CT molecular complexity index is 1430. The summed E-state index contributed by atoms with van der Waals surface area (Å²) in [4.78, 5) is 30.6. The number of rotatable bonds is 9. The van der Waals surface area contributed by atoms with Gasteiger partial charge in [-0.15, -0.1) is 11.3 Å². The van der Waals surface area contributed by atoms with Crippen molar-refractivity contribution in [1.82, 2.24) is 20.3 Å². The monoisotopic (exact) mass is 550 g/mol. The van der Waals surface area contributed by atoms with Gasteiger partial charge in [-0.1, -0.05) is 23.7 Å². The summed E-state index contributed by atoms with van der Waals surface area (Å²) in [6.07, 6.45) is 2.60. The van der Waals surface area contributed by atoms with Crippen molar-refractivity contribution < 1.29 is 14.3 Å². The number of hydrogen-bond acceptors (Lipinski definition) is 9. The fraction of sp³-hybridized carbons (Fsp3) is 0.259. The van der Waals surface area contributed by atoms with E-state index < -0.39 is 0 Å². The van der Waals surface area contributed by atoms with Gasteiger partial charge in [0, 0.05) is 30.7 Å². The molecule has 11 heteroatoms. The molecule has 0 bridgehead atoms. The quantitative estimate of drug-likeness (QED) is 0.309. The zero-order valence-electron chi connectivity index (χ0n) is 21.0. The lowest BCUT2D eigenvalue weighted by atomic mass is 10.1. The number of nitrogens with zero attached hydrogens (tertiary/aromatic N) is 4. The van der Waals surface area contributed by atoms with Crippen LogP contribution in [0.3, 0.4) is 0 Å². The number of halogens is 1. The highest BCUT2D eigenvalue weighted by Crippen LogP contribution is 2.31. The van der Waals surface area contributed by atoms with Crippen LogP contribution in [-0.2, 0) is 26.1 Å². The molecule has 2 N–H and O–H groups in total. The average molecular weight is 551 g/mol. The van der Waals surface area contributed by atoms with Crippen molar-refractivity contribution in [3.63, 3.8) is 0 Å². The molecule has 0 spiro atoms. The first-order valence-corrected chi connectivity index (χ1v) is 13.3. The Morgan fingerprint density at radius 1 is 1.13 bits per heavy atom. The predicted molar refractivity (Wildman–Crippen MR) is 148 cm³/mol. The van der Waals surface area contributed by atoms with Crippen LogP contribution < -0.4 is 25.0 Å². The molecule has 3 aromatic heterocycles. The maximum absolute atomic E-state index is 13.4. The van der Waals surface area contributed by atoms with Crippen molar-refractivity contribution in [2.75, 3.05) is 31.0 Å². The van der Waals surface area contributed by atoms with E-state index in [9.17, 15) is 4.79 Å². The first-order valence-electron chi connectivity index (χ1n) is 12.1. The molecule has 0 atom stereocenters. The van der Waals surface area contributed by atoms with Crippen LogP contribution in [0.2, 0.25) is 5.02 Å². The maximum Gasteiger partial charge on any atom is 0.260 e. The van der Waals surface area contributed by atoms with Gasteiger partial charge in [0.1, 0.15) is 17.1 Å². The molecule has 0 aliphatic carbocycles. The molecule has 1 aliphatic rings. The molecular weight excluding hydrogens is 524 g/mol. The van der Waals surface area contributed by atoms with E-state index in [1.807, 2.05) is 30.3 Å². The zero-order valence-corrected chi connectivity index (χ0v) is 22.6. The van der Waals surface area contributed by atoms with Crippen LogP contribution in [0.5, 0.6) is 11.6 Å². The number of carbonyl (C=O) groups excluding carboxylic acids is 1. The maximum atomic E-state index is 13.4. The highest BCUT2D eigenvalue weighted by atomic mass is 35.5. The van der Waals surface area contributed by atoms with Crippen molar-refractivity contribution in [2.45, 2.75) is 26.1 Å². The minimum atomic E-state index is -0.368. The Kier molecular flexibility index (Phi) is 7.90.